The van der Waals surface area contributed by atoms with E-state index in [4.69, 9.17) is 4.52 Å². The first-order valence-corrected chi connectivity index (χ1v) is 9.43. The van der Waals surface area contributed by atoms with Crippen molar-refractivity contribution in [1.82, 2.24) is 29.8 Å². The molecule has 9 heteroatoms. The Morgan fingerprint density at radius 3 is 2.79 bits per heavy atom. The quantitative estimate of drug-likeness (QED) is 0.661. The fourth-order valence-electron chi connectivity index (χ4n) is 3.12. The fraction of sp³-hybridized carbons (Fsp3) is 0.421. The molecule has 1 aliphatic carbocycles. The van der Waals surface area contributed by atoms with Crippen LogP contribution < -0.4 is 11.0 Å². The van der Waals surface area contributed by atoms with Crippen LogP contribution in [0.3, 0.4) is 0 Å². The Kier molecular flexibility index (Phi) is 5.05. The Morgan fingerprint density at radius 2 is 2.07 bits per heavy atom. The van der Waals surface area contributed by atoms with Gasteiger partial charge in [-0.1, -0.05) is 29.8 Å². The van der Waals surface area contributed by atoms with Gasteiger partial charge in [0, 0.05) is 18.9 Å². The minimum Gasteiger partial charge on any atom is -0.354 e. The number of rotatable bonds is 7. The van der Waals surface area contributed by atoms with Crippen molar-refractivity contribution in [3.8, 4) is 5.69 Å². The van der Waals surface area contributed by atoms with Crippen molar-refractivity contribution in [2.45, 2.75) is 45.1 Å². The Balaban J connectivity index is 1.33. The summed E-state index contributed by atoms with van der Waals surface area (Å²) < 4.78 is 7.92. The number of amides is 1. The van der Waals surface area contributed by atoms with Crippen molar-refractivity contribution < 1.29 is 9.32 Å². The van der Waals surface area contributed by atoms with Gasteiger partial charge in [-0.2, -0.15) is 14.8 Å². The van der Waals surface area contributed by atoms with E-state index in [-0.39, 0.29) is 18.1 Å². The van der Waals surface area contributed by atoms with E-state index in [1.54, 1.807) is 19.1 Å². The Labute approximate surface area is 161 Å². The predicted octanol–water partition coefficient (Wildman–Crippen LogP) is 1.35. The number of para-hydroxylation sites is 1. The molecule has 0 bridgehead atoms. The number of aryl methyl sites for hydroxylation is 1. The normalized spacial score (nSPS) is 14.0. The molecule has 2 heterocycles. The second-order valence-electron chi connectivity index (χ2n) is 6.94. The first kappa shape index (κ1) is 18.1. The lowest BCUT2D eigenvalue weighted by Gasteiger charge is -2.20. The molecule has 1 aromatic carbocycles. The van der Waals surface area contributed by atoms with Crippen LogP contribution in [0, 0.1) is 6.92 Å². The van der Waals surface area contributed by atoms with Crippen molar-refractivity contribution in [1.29, 1.82) is 0 Å². The van der Waals surface area contributed by atoms with E-state index in [0.717, 1.165) is 12.8 Å². The number of aromatic nitrogens is 5. The van der Waals surface area contributed by atoms with E-state index in [1.807, 2.05) is 18.2 Å². The molecule has 1 saturated carbocycles. The van der Waals surface area contributed by atoms with Crippen LogP contribution >= 0.6 is 0 Å². The summed E-state index contributed by atoms with van der Waals surface area (Å²) in [6, 6.07) is 9.11. The largest absolute Gasteiger partial charge is 0.354 e. The summed E-state index contributed by atoms with van der Waals surface area (Å²) in [7, 11) is 0. The first-order chi connectivity index (χ1) is 13.6. The van der Waals surface area contributed by atoms with Gasteiger partial charge in [0.1, 0.15) is 12.4 Å². The standard InChI is InChI=1S/C19H22N6O3/c1-13-22-25(15-8-3-2-4-9-15)19(27)24(13)12-17(26)20-11-10-16-21-18(28-23-16)14-6-5-7-14/h2-4,8-9,14H,5-7,10-12H2,1H3,(H,20,26). The van der Waals surface area contributed by atoms with Crippen LogP contribution in [-0.2, 0) is 17.8 Å². The maximum absolute atomic E-state index is 12.6. The molecule has 2 aromatic heterocycles. The zero-order valence-electron chi connectivity index (χ0n) is 15.7. The van der Waals surface area contributed by atoms with Gasteiger partial charge in [-0.05, 0) is 31.9 Å². The number of nitrogens with zero attached hydrogens (tertiary/aromatic N) is 5. The first-order valence-electron chi connectivity index (χ1n) is 9.43. The summed E-state index contributed by atoms with van der Waals surface area (Å²) in [5, 5.41) is 11.0. The van der Waals surface area contributed by atoms with Gasteiger partial charge in [0.2, 0.25) is 11.8 Å². The van der Waals surface area contributed by atoms with Crippen molar-refractivity contribution in [2.75, 3.05) is 6.54 Å². The summed E-state index contributed by atoms with van der Waals surface area (Å²) in [6.45, 7) is 2.00. The van der Waals surface area contributed by atoms with Gasteiger partial charge in [-0.15, -0.1) is 0 Å². The second kappa shape index (κ2) is 7.79. The van der Waals surface area contributed by atoms with Crippen LogP contribution in [0.5, 0.6) is 0 Å². The monoisotopic (exact) mass is 382 g/mol. The molecule has 0 aliphatic heterocycles. The average Bonchev–Trinajstić information content (AvgIpc) is 3.21. The van der Waals surface area contributed by atoms with Gasteiger partial charge in [0.05, 0.1) is 5.69 Å². The number of hydrogen-bond donors (Lipinski definition) is 1. The predicted molar refractivity (Wildman–Crippen MR) is 100 cm³/mol. The molecular formula is C19H22N6O3. The van der Waals surface area contributed by atoms with Gasteiger partial charge in [0.25, 0.3) is 0 Å². The van der Waals surface area contributed by atoms with Crippen molar-refractivity contribution in [3.05, 3.63) is 58.4 Å². The molecule has 146 valence electrons. The Bertz CT molecular complexity index is 1020. The highest BCUT2D eigenvalue weighted by molar-refractivity contribution is 5.75. The zero-order chi connectivity index (χ0) is 19.5. The molecule has 0 spiro atoms. The second-order valence-corrected chi connectivity index (χ2v) is 6.94. The molecule has 0 atom stereocenters. The van der Waals surface area contributed by atoms with Crippen LogP contribution in [-0.4, -0.2) is 36.9 Å². The smallest absolute Gasteiger partial charge is 0.351 e. The molecule has 3 aromatic rings. The maximum atomic E-state index is 12.6. The molecule has 28 heavy (non-hydrogen) atoms. The topological polar surface area (TPSA) is 108 Å². The van der Waals surface area contributed by atoms with E-state index in [2.05, 4.69) is 20.6 Å². The average molecular weight is 382 g/mol. The molecule has 0 radical (unpaired) electrons. The van der Waals surface area contributed by atoms with E-state index >= 15 is 0 Å². The molecule has 1 fully saturated rings. The third-order valence-electron chi connectivity index (χ3n) is 4.96. The lowest BCUT2D eigenvalue weighted by molar-refractivity contribution is -0.121. The Morgan fingerprint density at radius 1 is 1.29 bits per heavy atom. The lowest BCUT2D eigenvalue weighted by Crippen LogP contribution is -2.34. The highest BCUT2D eigenvalue weighted by Crippen LogP contribution is 2.35. The fourth-order valence-corrected chi connectivity index (χ4v) is 3.12. The van der Waals surface area contributed by atoms with Crippen molar-refractivity contribution >= 4 is 5.91 Å². The van der Waals surface area contributed by atoms with Gasteiger partial charge in [0.15, 0.2) is 5.82 Å². The van der Waals surface area contributed by atoms with Crippen LogP contribution in [0.25, 0.3) is 5.69 Å². The number of hydrogen-bond acceptors (Lipinski definition) is 6. The lowest BCUT2D eigenvalue weighted by atomic mass is 9.85. The van der Waals surface area contributed by atoms with Crippen LogP contribution in [0.15, 0.2) is 39.6 Å². The minimum absolute atomic E-state index is 0.0862. The SMILES string of the molecule is Cc1nn(-c2ccccc2)c(=O)n1CC(=O)NCCc1noc(C2CCC2)n1. The zero-order valence-corrected chi connectivity index (χ0v) is 15.7. The molecule has 1 amide bonds. The van der Waals surface area contributed by atoms with Crippen LogP contribution in [0.2, 0.25) is 0 Å². The maximum Gasteiger partial charge on any atom is 0.351 e. The molecule has 0 unspecified atom stereocenters. The summed E-state index contributed by atoms with van der Waals surface area (Å²) in [5.74, 6) is 1.90. The van der Waals surface area contributed by atoms with E-state index in [0.29, 0.717) is 42.1 Å². The third-order valence-corrected chi connectivity index (χ3v) is 4.96. The van der Waals surface area contributed by atoms with Crippen LogP contribution in [0.4, 0.5) is 0 Å². The summed E-state index contributed by atoms with van der Waals surface area (Å²) in [4.78, 5) is 29.2. The van der Waals surface area contributed by atoms with Crippen LogP contribution in [0.1, 0.15) is 42.7 Å². The van der Waals surface area contributed by atoms with Gasteiger partial charge in [-0.25, -0.2) is 4.79 Å². The van der Waals surface area contributed by atoms with E-state index in [9.17, 15) is 9.59 Å². The van der Waals surface area contributed by atoms with Gasteiger partial charge < -0.3 is 9.84 Å². The Hall–Kier alpha value is -3.23. The van der Waals surface area contributed by atoms with Gasteiger partial charge >= 0.3 is 5.69 Å². The molecule has 0 saturated heterocycles. The van der Waals surface area contributed by atoms with E-state index in [1.165, 1.54) is 15.7 Å². The highest BCUT2D eigenvalue weighted by Gasteiger charge is 2.25. The summed E-state index contributed by atoms with van der Waals surface area (Å²) >= 11 is 0. The van der Waals surface area contributed by atoms with Gasteiger partial charge in [-0.3, -0.25) is 9.36 Å². The molecule has 1 N–H and O–H groups in total. The summed E-state index contributed by atoms with van der Waals surface area (Å²) in [6.07, 6.45) is 3.89. The van der Waals surface area contributed by atoms with Crippen molar-refractivity contribution in [2.24, 2.45) is 0 Å². The highest BCUT2D eigenvalue weighted by atomic mass is 16.5. The molecule has 4 rings (SSSR count). The number of carbonyl (C=O) groups excluding carboxylic acids is 1. The molecular weight excluding hydrogens is 360 g/mol. The van der Waals surface area contributed by atoms with E-state index < -0.39 is 0 Å². The molecule has 9 nitrogen and oxygen atoms in total. The summed E-state index contributed by atoms with van der Waals surface area (Å²) in [5.41, 5.74) is 0.316. The number of carbonyl (C=O) groups is 1. The van der Waals surface area contributed by atoms with Crippen molar-refractivity contribution in [3.63, 3.8) is 0 Å². The number of nitrogens with one attached hydrogen (secondary N) is 1. The third kappa shape index (κ3) is 3.73. The minimum atomic E-state index is -0.345. The number of benzene rings is 1. The molecule has 1 aliphatic rings.